The molecule has 1 aliphatic heterocycles. The number of carbonyl (C=O) groups excluding carboxylic acids is 1. The summed E-state index contributed by atoms with van der Waals surface area (Å²) >= 11 is 6.14. The number of nitrogens with zero attached hydrogens (tertiary/aromatic N) is 2. The Morgan fingerprint density at radius 1 is 1.09 bits per heavy atom. The molecule has 0 radical (unpaired) electrons. The van der Waals surface area contributed by atoms with Gasteiger partial charge in [-0.15, -0.1) is 0 Å². The highest BCUT2D eigenvalue weighted by molar-refractivity contribution is 6.33. The molecule has 1 saturated heterocycles. The van der Waals surface area contributed by atoms with Crippen LogP contribution >= 0.6 is 11.6 Å². The molecule has 2 aliphatic rings. The minimum Gasteiger partial charge on any atom is -0.395 e. The number of para-hydroxylation sites is 1. The van der Waals surface area contributed by atoms with Crippen molar-refractivity contribution in [2.24, 2.45) is 10.7 Å². The second-order valence-electron chi connectivity index (χ2n) is 8.16. The number of amides is 1. The van der Waals surface area contributed by atoms with Crippen molar-refractivity contribution in [3.05, 3.63) is 101 Å². The number of rotatable bonds is 6. The van der Waals surface area contributed by atoms with E-state index in [4.69, 9.17) is 22.1 Å². The third-order valence-corrected chi connectivity index (χ3v) is 5.95. The standard InChI is InChI=1S/C26H23ClF3N3O2/c27-21-7-3-4-8-22(21)32-23(15-24(31)26(28,29)30)17-9-11-18(12-10-17)25(34)33-14-13-20(16-33)35-19-5-1-2-6-19/h1-12,15,19-20H,13-14,16,31H2/t20-/m1/s1. The molecule has 0 bridgehead atoms. The van der Waals surface area contributed by atoms with Crippen LogP contribution in [0.4, 0.5) is 18.9 Å². The molecular formula is C26H23ClF3N3O2. The largest absolute Gasteiger partial charge is 0.430 e. The van der Waals surface area contributed by atoms with E-state index in [1.807, 2.05) is 24.3 Å². The van der Waals surface area contributed by atoms with E-state index in [0.717, 1.165) is 12.5 Å². The third kappa shape index (κ3) is 6.21. The van der Waals surface area contributed by atoms with E-state index >= 15 is 0 Å². The Labute approximate surface area is 206 Å². The van der Waals surface area contributed by atoms with Crippen molar-refractivity contribution in [3.8, 4) is 0 Å². The maximum absolute atomic E-state index is 13.1. The van der Waals surface area contributed by atoms with Gasteiger partial charge in [0.15, 0.2) is 0 Å². The molecule has 1 aliphatic carbocycles. The molecule has 1 fully saturated rings. The first kappa shape index (κ1) is 24.8. The quantitative estimate of drug-likeness (QED) is 0.524. The summed E-state index contributed by atoms with van der Waals surface area (Å²) < 4.78 is 45.3. The van der Waals surface area contributed by atoms with Gasteiger partial charge in [0.2, 0.25) is 0 Å². The molecule has 0 unspecified atom stereocenters. The Balaban J connectivity index is 1.53. The predicted octanol–water partition coefficient (Wildman–Crippen LogP) is 5.59. The van der Waals surface area contributed by atoms with E-state index in [1.165, 1.54) is 0 Å². The van der Waals surface area contributed by atoms with Crippen molar-refractivity contribution >= 4 is 28.9 Å². The van der Waals surface area contributed by atoms with Crippen molar-refractivity contribution < 1.29 is 22.7 Å². The van der Waals surface area contributed by atoms with Crippen molar-refractivity contribution in [2.75, 3.05) is 13.1 Å². The van der Waals surface area contributed by atoms with Crippen molar-refractivity contribution in [2.45, 2.75) is 24.8 Å². The lowest BCUT2D eigenvalue weighted by molar-refractivity contribution is -0.0925. The Bertz CT molecular complexity index is 1190. The fraction of sp³-hybridized carbons (Fsp3) is 0.231. The number of carbonyl (C=O) groups is 1. The molecule has 1 amide bonds. The zero-order valence-corrected chi connectivity index (χ0v) is 19.3. The topological polar surface area (TPSA) is 67.9 Å². The van der Waals surface area contributed by atoms with Crippen LogP contribution in [-0.2, 0) is 4.74 Å². The van der Waals surface area contributed by atoms with Crippen LogP contribution in [-0.4, -0.2) is 48.0 Å². The van der Waals surface area contributed by atoms with Crippen LogP contribution in [0.25, 0.3) is 0 Å². The SMILES string of the molecule is NC(=CC(=Nc1ccccc1Cl)c1ccc(C(=O)N2CC[C@@H](OC3C=CC=C3)C2)cc1)C(F)(F)F. The molecule has 0 saturated carbocycles. The van der Waals surface area contributed by atoms with Crippen LogP contribution in [0.5, 0.6) is 0 Å². The molecule has 9 heteroatoms. The van der Waals surface area contributed by atoms with Gasteiger partial charge in [-0.05, 0) is 36.8 Å². The molecule has 5 nitrogen and oxygen atoms in total. The van der Waals surface area contributed by atoms with Crippen molar-refractivity contribution in [1.29, 1.82) is 0 Å². The second-order valence-corrected chi connectivity index (χ2v) is 8.56. The minimum atomic E-state index is -4.71. The van der Waals surface area contributed by atoms with Gasteiger partial charge in [0.05, 0.1) is 28.6 Å². The summed E-state index contributed by atoms with van der Waals surface area (Å²) in [5.74, 6) is -0.171. The van der Waals surface area contributed by atoms with Gasteiger partial charge in [-0.2, -0.15) is 13.2 Å². The zero-order chi connectivity index (χ0) is 25.0. The highest BCUT2D eigenvalue weighted by Crippen LogP contribution is 2.27. The van der Waals surface area contributed by atoms with E-state index < -0.39 is 11.9 Å². The Morgan fingerprint density at radius 2 is 1.74 bits per heavy atom. The maximum Gasteiger partial charge on any atom is 0.430 e. The highest BCUT2D eigenvalue weighted by Gasteiger charge is 2.32. The monoisotopic (exact) mass is 501 g/mol. The summed E-state index contributed by atoms with van der Waals surface area (Å²) in [6.07, 6.45) is 4.40. The smallest absolute Gasteiger partial charge is 0.395 e. The van der Waals surface area contributed by atoms with Gasteiger partial charge < -0.3 is 15.4 Å². The predicted molar refractivity (Wildman–Crippen MR) is 130 cm³/mol. The van der Waals surface area contributed by atoms with Gasteiger partial charge in [0.25, 0.3) is 5.91 Å². The average molecular weight is 502 g/mol. The molecule has 1 atom stereocenters. The molecule has 2 aromatic rings. The van der Waals surface area contributed by atoms with Crippen LogP contribution < -0.4 is 5.73 Å². The fourth-order valence-corrected chi connectivity index (χ4v) is 3.97. The number of likely N-dealkylation sites (tertiary alicyclic amines) is 1. The van der Waals surface area contributed by atoms with Crippen molar-refractivity contribution in [1.82, 2.24) is 4.90 Å². The van der Waals surface area contributed by atoms with Gasteiger partial charge in [0, 0.05) is 24.2 Å². The van der Waals surface area contributed by atoms with E-state index in [2.05, 4.69) is 4.99 Å². The summed E-state index contributed by atoms with van der Waals surface area (Å²) in [5, 5.41) is 0.283. The Kier molecular flexibility index (Phi) is 7.42. The Hall–Kier alpha value is -3.36. The van der Waals surface area contributed by atoms with Gasteiger partial charge in [-0.25, -0.2) is 4.99 Å². The van der Waals surface area contributed by atoms with Gasteiger partial charge >= 0.3 is 6.18 Å². The normalized spacial score (nSPS) is 19.1. The number of alkyl halides is 3. The molecule has 4 rings (SSSR count). The molecule has 35 heavy (non-hydrogen) atoms. The molecule has 0 aromatic heterocycles. The van der Waals surface area contributed by atoms with Crippen LogP contribution in [0.2, 0.25) is 5.02 Å². The highest BCUT2D eigenvalue weighted by atomic mass is 35.5. The summed E-state index contributed by atoms with van der Waals surface area (Å²) in [4.78, 5) is 19.0. The van der Waals surface area contributed by atoms with Gasteiger partial charge in [-0.1, -0.05) is 60.2 Å². The van der Waals surface area contributed by atoms with Crippen LogP contribution in [0.3, 0.4) is 0 Å². The third-order valence-electron chi connectivity index (χ3n) is 5.64. The van der Waals surface area contributed by atoms with Gasteiger partial charge in [0.1, 0.15) is 5.70 Å². The molecule has 0 spiro atoms. The number of nitrogens with two attached hydrogens (primary N) is 1. The van der Waals surface area contributed by atoms with Crippen LogP contribution in [0.1, 0.15) is 22.3 Å². The van der Waals surface area contributed by atoms with Crippen LogP contribution in [0.15, 0.2) is 89.6 Å². The lowest BCUT2D eigenvalue weighted by atomic mass is 10.1. The van der Waals surface area contributed by atoms with E-state index in [9.17, 15) is 18.0 Å². The number of halogens is 4. The molecule has 1 heterocycles. The van der Waals surface area contributed by atoms with Crippen molar-refractivity contribution in [3.63, 3.8) is 0 Å². The zero-order valence-electron chi connectivity index (χ0n) is 18.6. The lowest BCUT2D eigenvalue weighted by Gasteiger charge is -2.18. The summed E-state index contributed by atoms with van der Waals surface area (Å²) in [7, 11) is 0. The molecule has 2 aromatic carbocycles. The summed E-state index contributed by atoms with van der Waals surface area (Å²) in [5.41, 5.74) is 5.00. The maximum atomic E-state index is 13.1. The number of hydrogen-bond acceptors (Lipinski definition) is 4. The number of benzene rings is 2. The lowest BCUT2D eigenvalue weighted by Crippen LogP contribution is -2.31. The first-order valence-electron chi connectivity index (χ1n) is 11.0. The molecule has 182 valence electrons. The summed E-state index contributed by atoms with van der Waals surface area (Å²) in [6, 6.07) is 12.7. The molecular weight excluding hydrogens is 479 g/mol. The van der Waals surface area contributed by atoms with E-state index in [1.54, 1.807) is 53.4 Å². The van der Waals surface area contributed by atoms with Crippen LogP contribution in [0, 0.1) is 0 Å². The number of allylic oxidation sites excluding steroid dienone is 4. The minimum absolute atomic E-state index is 0.0285. The van der Waals surface area contributed by atoms with E-state index in [0.29, 0.717) is 29.9 Å². The number of ether oxygens (including phenoxy) is 1. The fourth-order valence-electron chi connectivity index (χ4n) is 3.80. The first-order valence-corrected chi connectivity index (χ1v) is 11.4. The first-order chi connectivity index (χ1) is 16.7. The second kappa shape index (κ2) is 10.5. The van der Waals surface area contributed by atoms with E-state index in [-0.39, 0.29) is 28.8 Å². The average Bonchev–Trinajstić information content (AvgIpc) is 3.52. The number of aliphatic imine (C=N–C) groups is 1. The summed E-state index contributed by atoms with van der Waals surface area (Å²) in [6.45, 7) is 1.04. The molecule has 2 N–H and O–H groups in total. The van der Waals surface area contributed by atoms with Gasteiger partial charge in [-0.3, -0.25) is 4.79 Å². The number of hydrogen-bond donors (Lipinski definition) is 1. The Morgan fingerprint density at radius 3 is 2.40 bits per heavy atom.